The predicted molar refractivity (Wildman–Crippen MR) is 109 cm³/mol. The van der Waals surface area contributed by atoms with E-state index in [0.29, 0.717) is 6.04 Å². The molecular formula is C23H29N2O+. The summed E-state index contributed by atoms with van der Waals surface area (Å²) in [4.78, 5) is 2.43. The summed E-state index contributed by atoms with van der Waals surface area (Å²) in [6.45, 7) is 8.25. The van der Waals surface area contributed by atoms with Gasteiger partial charge < -0.3 is 4.74 Å². The normalized spacial score (nSPS) is 15.3. The first kappa shape index (κ1) is 18.2. The van der Waals surface area contributed by atoms with E-state index in [9.17, 15) is 0 Å². The van der Waals surface area contributed by atoms with Gasteiger partial charge in [-0.3, -0.25) is 9.48 Å². The molecule has 0 aliphatic carbocycles. The first-order chi connectivity index (χ1) is 12.8. The number of nitrogens with zero attached hydrogens (tertiary/aromatic N) is 2. The van der Waals surface area contributed by atoms with E-state index in [4.69, 9.17) is 4.74 Å². The Labute approximate surface area is 157 Å². The van der Waals surface area contributed by atoms with Gasteiger partial charge in [-0.15, -0.1) is 0 Å². The molecule has 0 amide bonds. The van der Waals surface area contributed by atoms with Crippen LogP contribution in [-0.4, -0.2) is 42.1 Å². The summed E-state index contributed by atoms with van der Waals surface area (Å²) in [7, 11) is 0. The standard InChI is InChI=1S/C23H29N2O/c1-3-10-22-13-7-8-14-23(22)26-18-9-15-24-16-17-25(19-24)20(2)21-11-5-4-6-12-21/h3-8,10-14,19-20H,9,15-18H2,1-2H3/q+1/b10-3+/t20-/m1/s1. The van der Waals surface area contributed by atoms with E-state index in [2.05, 4.69) is 65.2 Å². The zero-order valence-corrected chi connectivity index (χ0v) is 15.8. The Morgan fingerprint density at radius 2 is 1.88 bits per heavy atom. The maximum absolute atomic E-state index is 5.99. The van der Waals surface area contributed by atoms with Crippen molar-refractivity contribution in [2.45, 2.75) is 26.3 Å². The molecule has 0 saturated carbocycles. The van der Waals surface area contributed by atoms with Gasteiger partial charge in [0.05, 0.1) is 13.2 Å². The average molecular weight is 349 g/mol. The number of allylic oxidation sites excluding steroid dienone is 1. The van der Waals surface area contributed by atoms with Gasteiger partial charge in [-0.2, -0.15) is 0 Å². The second-order valence-corrected chi connectivity index (χ2v) is 6.72. The molecule has 0 spiro atoms. The fourth-order valence-electron chi connectivity index (χ4n) is 3.33. The van der Waals surface area contributed by atoms with Crippen LogP contribution in [0.25, 0.3) is 6.08 Å². The first-order valence-electron chi connectivity index (χ1n) is 9.52. The van der Waals surface area contributed by atoms with E-state index in [-0.39, 0.29) is 0 Å². The molecule has 3 nitrogen and oxygen atoms in total. The van der Waals surface area contributed by atoms with Gasteiger partial charge in [-0.05, 0) is 25.5 Å². The molecule has 2 aromatic rings. The largest absolute Gasteiger partial charge is 0.493 e. The fraction of sp³-hybridized carbons (Fsp3) is 0.348. The Kier molecular flexibility index (Phi) is 6.48. The summed E-state index contributed by atoms with van der Waals surface area (Å²) in [5.41, 5.74) is 2.51. The van der Waals surface area contributed by atoms with Crippen molar-refractivity contribution in [3.05, 3.63) is 71.8 Å². The van der Waals surface area contributed by atoms with Crippen molar-refractivity contribution in [3.63, 3.8) is 0 Å². The first-order valence-corrected chi connectivity index (χ1v) is 9.52. The topological polar surface area (TPSA) is 15.5 Å². The lowest BCUT2D eigenvalue weighted by Crippen LogP contribution is -2.23. The zero-order chi connectivity index (χ0) is 18.2. The molecule has 26 heavy (non-hydrogen) atoms. The molecule has 0 radical (unpaired) electrons. The highest BCUT2D eigenvalue weighted by Crippen LogP contribution is 2.21. The molecule has 1 heterocycles. The number of ether oxygens (including phenoxy) is 1. The maximum Gasteiger partial charge on any atom is 0.234 e. The lowest BCUT2D eigenvalue weighted by atomic mass is 10.1. The van der Waals surface area contributed by atoms with Gasteiger partial charge in [0.2, 0.25) is 6.34 Å². The molecule has 3 rings (SSSR count). The minimum absolute atomic E-state index is 0.421. The fourth-order valence-corrected chi connectivity index (χ4v) is 3.33. The van der Waals surface area contributed by atoms with Crippen molar-refractivity contribution in [2.75, 3.05) is 26.2 Å². The summed E-state index contributed by atoms with van der Waals surface area (Å²) in [5.74, 6) is 0.968. The molecule has 1 aliphatic heterocycles. The smallest absolute Gasteiger partial charge is 0.234 e. The van der Waals surface area contributed by atoms with Crippen LogP contribution >= 0.6 is 0 Å². The Hall–Kier alpha value is -2.55. The highest BCUT2D eigenvalue weighted by atomic mass is 16.5. The van der Waals surface area contributed by atoms with Gasteiger partial charge in [0.25, 0.3) is 0 Å². The SMILES string of the molecule is C/C=C/c1ccccc1OCCC[N+]1=CN([C@H](C)c2ccccc2)CC1. The molecule has 0 N–H and O–H groups in total. The van der Waals surface area contributed by atoms with Gasteiger partial charge in [-0.1, -0.05) is 60.7 Å². The molecule has 3 heteroatoms. The zero-order valence-electron chi connectivity index (χ0n) is 15.8. The Bertz CT molecular complexity index is 752. The molecule has 1 atom stereocenters. The van der Waals surface area contributed by atoms with Crippen LogP contribution in [0.5, 0.6) is 5.75 Å². The molecular weight excluding hydrogens is 320 g/mol. The molecule has 1 aliphatic rings. The van der Waals surface area contributed by atoms with Gasteiger partial charge in [-0.25, -0.2) is 0 Å². The quantitative estimate of drug-likeness (QED) is 0.511. The number of hydrogen-bond donors (Lipinski definition) is 0. The van der Waals surface area contributed by atoms with E-state index in [0.717, 1.165) is 44.0 Å². The molecule has 0 unspecified atom stereocenters. The molecule has 0 saturated heterocycles. The van der Waals surface area contributed by atoms with E-state index >= 15 is 0 Å². The minimum Gasteiger partial charge on any atom is -0.493 e. The average Bonchev–Trinajstić information content (AvgIpc) is 3.16. The van der Waals surface area contributed by atoms with Crippen LogP contribution in [0.2, 0.25) is 0 Å². The highest BCUT2D eigenvalue weighted by Gasteiger charge is 2.25. The minimum atomic E-state index is 0.421. The van der Waals surface area contributed by atoms with E-state index in [1.165, 1.54) is 5.56 Å². The number of benzene rings is 2. The second kappa shape index (κ2) is 9.23. The number of hydrogen-bond acceptors (Lipinski definition) is 2. The lowest BCUT2D eigenvalue weighted by Gasteiger charge is -2.16. The van der Waals surface area contributed by atoms with Crippen molar-refractivity contribution in [1.29, 1.82) is 0 Å². The summed E-state index contributed by atoms with van der Waals surface area (Å²) in [6, 6.07) is 19.3. The monoisotopic (exact) mass is 349 g/mol. The van der Waals surface area contributed by atoms with Gasteiger partial charge in [0, 0.05) is 12.0 Å². The predicted octanol–water partition coefficient (Wildman–Crippen LogP) is 4.61. The number of rotatable bonds is 8. The van der Waals surface area contributed by atoms with Crippen LogP contribution in [0.3, 0.4) is 0 Å². The third-order valence-electron chi connectivity index (χ3n) is 4.85. The molecule has 0 aromatic heterocycles. The van der Waals surface area contributed by atoms with Gasteiger partial charge >= 0.3 is 0 Å². The Morgan fingerprint density at radius 3 is 2.69 bits per heavy atom. The molecule has 0 bridgehead atoms. The Balaban J connectivity index is 1.47. The lowest BCUT2D eigenvalue weighted by molar-refractivity contribution is -0.514. The summed E-state index contributed by atoms with van der Waals surface area (Å²) < 4.78 is 8.39. The Morgan fingerprint density at radius 1 is 1.12 bits per heavy atom. The van der Waals surface area contributed by atoms with Crippen molar-refractivity contribution >= 4 is 12.4 Å². The van der Waals surface area contributed by atoms with Gasteiger partial charge in [0.1, 0.15) is 24.9 Å². The van der Waals surface area contributed by atoms with E-state index in [1.54, 1.807) is 0 Å². The molecule has 2 aromatic carbocycles. The summed E-state index contributed by atoms with van der Waals surface area (Å²) in [6.07, 6.45) is 7.44. The molecule has 0 fully saturated rings. The van der Waals surface area contributed by atoms with Gasteiger partial charge in [0.15, 0.2) is 0 Å². The van der Waals surface area contributed by atoms with Crippen LogP contribution in [0.4, 0.5) is 0 Å². The van der Waals surface area contributed by atoms with Crippen molar-refractivity contribution in [1.82, 2.24) is 4.90 Å². The highest BCUT2D eigenvalue weighted by molar-refractivity contribution is 5.56. The maximum atomic E-state index is 5.99. The third kappa shape index (κ3) is 4.75. The van der Waals surface area contributed by atoms with Crippen molar-refractivity contribution < 1.29 is 9.31 Å². The third-order valence-corrected chi connectivity index (χ3v) is 4.85. The van der Waals surface area contributed by atoms with Crippen LogP contribution in [-0.2, 0) is 0 Å². The van der Waals surface area contributed by atoms with Crippen LogP contribution < -0.4 is 4.74 Å². The van der Waals surface area contributed by atoms with E-state index in [1.807, 2.05) is 31.2 Å². The van der Waals surface area contributed by atoms with Crippen LogP contribution in [0, 0.1) is 0 Å². The van der Waals surface area contributed by atoms with Crippen LogP contribution in [0.1, 0.15) is 37.4 Å². The van der Waals surface area contributed by atoms with E-state index < -0.39 is 0 Å². The second-order valence-electron chi connectivity index (χ2n) is 6.72. The molecule has 136 valence electrons. The summed E-state index contributed by atoms with van der Waals surface area (Å²) in [5, 5.41) is 0. The van der Waals surface area contributed by atoms with Crippen LogP contribution in [0.15, 0.2) is 60.7 Å². The van der Waals surface area contributed by atoms with Crippen molar-refractivity contribution in [3.8, 4) is 5.75 Å². The van der Waals surface area contributed by atoms with Crippen molar-refractivity contribution in [2.24, 2.45) is 0 Å². The summed E-state index contributed by atoms with van der Waals surface area (Å²) >= 11 is 0. The number of para-hydroxylation sites is 1.